The van der Waals surface area contributed by atoms with Gasteiger partial charge in [-0.3, -0.25) is 14.5 Å². The number of para-hydroxylation sites is 2. The van der Waals surface area contributed by atoms with Crippen LogP contribution in [0, 0.1) is 0 Å². The number of alkyl halides is 2. The van der Waals surface area contributed by atoms with Gasteiger partial charge in [-0.05, 0) is 36.4 Å². The lowest BCUT2D eigenvalue weighted by molar-refractivity contribution is -0.119. The molecule has 0 bridgehead atoms. The molecule has 0 unspecified atom stereocenters. The monoisotopic (exact) mass is 422 g/mol. The van der Waals surface area contributed by atoms with Crippen LogP contribution in [0.15, 0.2) is 53.0 Å². The van der Waals surface area contributed by atoms with Gasteiger partial charge < -0.3 is 10.1 Å². The highest BCUT2D eigenvalue weighted by molar-refractivity contribution is 9.10. The lowest BCUT2D eigenvalue weighted by Crippen LogP contribution is -2.41. The number of nitrogens with one attached hydrogen (secondary N) is 1. The first-order chi connectivity index (χ1) is 12.4. The molecule has 2 aromatic rings. The standard InChI is InChI=1S/C18H13BrF2N2O3/c19-12-6-7-15(26-18(20)21)11(9-12)5-8-17(25)23-10-16(24)22-13-3-1-2-4-14(13)23/h1-9,18H,10H2,(H,22,24)/b8-5+. The van der Waals surface area contributed by atoms with Gasteiger partial charge >= 0.3 is 6.61 Å². The van der Waals surface area contributed by atoms with Crippen LogP contribution >= 0.6 is 15.9 Å². The molecular formula is C18H13BrF2N2O3. The molecule has 0 atom stereocenters. The third-order valence-corrected chi connectivity index (χ3v) is 4.12. The number of hydrogen-bond donors (Lipinski definition) is 1. The number of nitrogens with zero attached hydrogens (tertiary/aromatic N) is 1. The summed E-state index contributed by atoms with van der Waals surface area (Å²) in [7, 11) is 0. The minimum atomic E-state index is -2.98. The zero-order chi connectivity index (χ0) is 18.7. The van der Waals surface area contributed by atoms with Crippen LogP contribution in [-0.4, -0.2) is 25.0 Å². The van der Waals surface area contributed by atoms with Gasteiger partial charge in [0.1, 0.15) is 12.3 Å². The highest BCUT2D eigenvalue weighted by Crippen LogP contribution is 2.30. The maximum absolute atomic E-state index is 12.6. The summed E-state index contributed by atoms with van der Waals surface area (Å²) < 4.78 is 30.1. The number of halogens is 3. The normalized spacial score (nSPS) is 13.7. The van der Waals surface area contributed by atoms with Crippen LogP contribution in [0.2, 0.25) is 0 Å². The number of amides is 2. The molecule has 5 nitrogen and oxygen atoms in total. The molecule has 3 rings (SSSR count). The summed E-state index contributed by atoms with van der Waals surface area (Å²) in [4.78, 5) is 25.7. The molecule has 0 aromatic heterocycles. The molecule has 134 valence electrons. The van der Waals surface area contributed by atoms with E-state index in [1.165, 1.54) is 23.1 Å². The molecule has 8 heteroatoms. The first-order valence-corrected chi connectivity index (χ1v) is 8.36. The number of carbonyl (C=O) groups is 2. The maximum Gasteiger partial charge on any atom is 0.387 e. The van der Waals surface area contributed by atoms with Crippen molar-refractivity contribution in [1.29, 1.82) is 0 Å². The molecule has 0 radical (unpaired) electrons. The summed E-state index contributed by atoms with van der Waals surface area (Å²) in [6.07, 6.45) is 2.59. The second-order valence-corrected chi connectivity index (χ2v) is 6.30. The van der Waals surface area contributed by atoms with Crippen molar-refractivity contribution in [3.05, 3.63) is 58.6 Å². The Bertz CT molecular complexity index is 886. The Morgan fingerprint density at radius 1 is 1.27 bits per heavy atom. The SMILES string of the molecule is O=C1CN(C(=O)/C=C/c2cc(Br)ccc2OC(F)F)c2ccccc2N1. The van der Waals surface area contributed by atoms with Crippen LogP contribution < -0.4 is 15.0 Å². The van der Waals surface area contributed by atoms with Gasteiger partial charge in [0.15, 0.2) is 0 Å². The van der Waals surface area contributed by atoms with E-state index in [0.29, 0.717) is 21.4 Å². The second-order valence-electron chi connectivity index (χ2n) is 5.38. The van der Waals surface area contributed by atoms with Gasteiger partial charge in [-0.2, -0.15) is 8.78 Å². The van der Waals surface area contributed by atoms with Crippen molar-refractivity contribution >= 4 is 45.2 Å². The fourth-order valence-corrected chi connectivity index (χ4v) is 2.91. The van der Waals surface area contributed by atoms with Crippen molar-refractivity contribution in [2.75, 3.05) is 16.8 Å². The zero-order valence-electron chi connectivity index (χ0n) is 13.3. The molecule has 26 heavy (non-hydrogen) atoms. The summed E-state index contributed by atoms with van der Waals surface area (Å²) >= 11 is 3.25. The van der Waals surface area contributed by atoms with Gasteiger partial charge in [0.25, 0.3) is 5.91 Å². The topological polar surface area (TPSA) is 58.6 Å². The third-order valence-electron chi connectivity index (χ3n) is 3.63. The van der Waals surface area contributed by atoms with Crippen molar-refractivity contribution < 1.29 is 23.1 Å². The van der Waals surface area contributed by atoms with Gasteiger partial charge in [0.2, 0.25) is 5.91 Å². The Balaban J connectivity index is 1.87. The van der Waals surface area contributed by atoms with Gasteiger partial charge in [-0.15, -0.1) is 0 Å². The smallest absolute Gasteiger partial charge is 0.387 e. The fraction of sp³-hybridized carbons (Fsp3) is 0.111. The molecule has 0 saturated carbocycles. The van der Waals surface area contributed by atoms with E-state index in [1.54, 1.807) is 36.4 Å². The Morgan fingerprint density at radius 2 is 2.04 bits per heavy atom. The first-order valence-electron chi connectivity index (χ1n) is 7.57. The molecule has 0 spiro atoms. The quantitative estimate of drug-likeness (QED) is 0.756. The molecule has 0 aliphatic carbocycles. The van der Waals surface area contributed by atoms with E-state index in [1.807, 2.05) is 0 Å². The number of ether oxygens (including phenoxy) is 1. The minimum Gasteiger partial charge on any atom is -0.434 e. The van der Waals surface area contributed by atoms with Crippen molar-refractivity contribution in [1.82, 2.24) is 0 Å². The predicted molar refractivity (Wildman–Crippen MR) is 97.2 cm³/mol. The zero-order valence-corrected chi connectivity index (χ0v) is 14.9. The number of benzene rings is 2. The number of fused-ring (bicyclic) bond motifs is 1. The molecule has 0 fully saturated rings. The Morgan fingerprint density at radius 3 is 2.81 bits per heavy atom. The number of rotatable bonds is 4. The first kappa shape index (κ1) is 18.1. The van der Waals surface area contributed by atoms with E-state index in [9.17, 15) is 18.4 Å². The maximum atomic E-state index is 12.6. The summed E-state index contributed by atoms with van der Waals surface area (Å²) in [6, 6.07) is 11.4. The lowest BCUT2D eigenvalue weighted by Gasteiger charge is -2.28. The fourth-order valence-electron chi connectivity index (χ4n) is 2.53. The number of anilines is 2. The average Bonchev–Trinajstić information content (AvgIpc) is 2.60. The van der Waals surface area contributed by atoms with Gasteiger partial charge in [-0.1, -0.05) is 28.1 Å². The van der Waals surface area contributed by atoms with Crippen molar-refractivity contribution in [2.24, 2.45) is 0 Å². The number of carbonyl (C=O) groups excluding carboxylic acids is 2. The average molecular weight is 423 g/mol. The Labute approximate surface area is 156 Å². The Kier molecular flexibility index (Phi) is 5.32. The molecule has 2 aromatic carbocycles. The molecule has 1 heterocycles. The molecule has 1 N–H and O–H groups in total. The summed E-state index contributed by atoms with van der Waals surface area (Å²) in [5, 5.41) is 2.69. The van der Waals surface area contributed by atoms with Gasteiger partial charge in [0, 0.05) is 16.1 Å². The van der Waals surface area contributed by atoms with Crippen LogP contribution in [0.4, 0.5) is 20.2 Å². The van der Waals surface area contributed by atoms with Crippen LogP contribution in [0.1, 0.15) is 5.56 Å². The van der Waals surface area contributed by atoms with Crippen molar-refractivity contribution in [2.45, 2.75) is 6.61 Å². The molecule has 0 saturated heterocycles. The molecule has 1 aliphatic rings. The van der Waals surface area contributed by atoms with Crippen molar-refractivity contribution in [3.8, 4) is 5.75 Å². The Hall–Kier alpha value is -2.74. The van der Waals surface area contributed by atoms with Crippen molar-refractivity contribution in [3.63, 3.8) is 0 Å². The third kappa shape index (κ3) is 4.08. The minimum absolute atomic E-state index is 0.0518. The van der Waals surface area contributed by atoms with E-state index < -0.39 is 12.5 Å². The molecule has 2 amide bonds. The second kappa shape index (κ2) is 7.65. The van der Waals surface area contributed by atoms with Crippen LogP contribution in [0.5, 0.6) is 5.75 Å². The molecular weight excluding hydrogens is 410 g/mol. The molecule has 1 aliphatic heterocycles. The lowest BCUT2D eigenvalue weighted by atomic mass is 10.1. The summed E-state index contributed by atoms with van der Waals surface area (Å²) in [5.41, 5.74) is 1.41. The summed E-state index contributed by atoms with van der Waals surface area (Å²) in [6.45, 7) is -3.10. The largest absolute Gasteiger partial charge is 0.434 e. The van der Waals surface area contributed by atoms with Gasteiger partial charge in [0.05, 0.1) is 11.4 Å². The van der Waals surface area contributed by atoms with Crippen LogP contribution in [-0.2, 0) is 9.59 Å². The highest BCUT2D eigenvalue weighted by atomic mass is 79.9. The number of hydrogen-bond acceptors (Lipinski definition) is 3. The van der Waals surface area contributed by atoms with E-state index in [0.717, 1.165) is 0 Å². The van der Waals surface area contributed by atoms with E-state index in [-0.39, 0.29) is 18.2 Å². The summed E-state index contributed by atoms with van der Waals surface area (Å²) in [5.74, 6) is -0.811. The van der Waals surface area contributed by atoms with E-state index in [4.69, 9.17) is 0 Å². The van der Waals surface area contributed by atoms with Crippen LogP contribution in [0.3, 0.4) is 0 Å². The van der Waals surface area contributed by atoms with Gasteiger partial charge in [-0.25, -0.2) is 0 Å². The predicted octanol–water partition coefficient (Wildman–Crippen LogP) is 4.05. The van der Waals surface area contributed by atoms with E-state index >= 15 is 0 Å². The highest BCUT2D eigenvalue weighted by Gasteiger charge is 2.25. The van der Waals surface area contributed by atoms with Crippen LogP contribution in [0.25, 0.3) is 6.08 Å². The van der Waals surface area contributed by atoms with E-state index in [2.05, 4.69) is 26.0 Å².